The lowest BCUT2D eigenvalue weighted by molar-refractivity contribution is -0.124. The normalized spacial score (nSPS) is 19.5. The molecule has 0 saturated carbocycles. The predicted octanol–water partition coefficient (Wildman–Crippen LogP) is 3.34. The van der Waals surface area contributed by atoms with Gasteiger partial charge >= 0.3 is 5.63 Å². The molecule has 12 nitrogen and oxygen atoms in total. The van der Waals surface area contributed by atoms with E-state index < -0.39 is 41.3 Å². The smallest absolute Gasteiger partial charge is 0.349 e. The lowest BCUT2D eigenvalue weighted by Gasteiger charge is -2.30. The number of carbonyl (C=O) groups excluding carboxylic acids is 4. The minimum absolute atomic E-state index is 0. The molecule has 5 rings (SSSR count). The van der Waals surface area contributed by atoms with Gasteiger partial charge < -0.3 is 30.6 Å². The fourth-order valence-corrected chi connectivity index (χ4v) is 6.45. The summed E-state index contributed by atoms with van der Waals surface area (Å²) in [6, 6.07) is 11.4. The average Bonchev–Trinajstić information content (AvgIpc) is 3.08. The van der Waals surface area contributed by atoms with Gasteiger partial charge in [0.2, 0.25) is 11.8 Å². The average molecular weight is 744 g/mol. The highest BCUT2D eigenvalue weighted by molar-refractivity contribution is 5.98. The lowest BCUT2D eigenvalue weighted by atomic mass is 9.94. The van der Waals surface area contributed by atoms with Crippen molar-refractivity contribution in [3.05, 3.63) is 98.9 Å². The molecular weight excluding hydrogens is 695 g/mol. The molecule has 276 valence electrons. The molecule has 2 aliphatic heterocycles. The molecule has 0 spiro atoms. The Kier molecular flexibility index (Phi) is 15.6. The summed E-state index contributed by atoms with van der Waals surface area (Å²) in [4.78, 5) is 73.7. The van der Waals surface area contributed by atoms with Gasteiger partial charge in [0.15, 0.2) is 0 Å². The number of amides is 4. The molecule has 1 fully saturated rings. The molecule has 1 aromatic carbocycles. The summed E-state index contributed by atoms with van der Waals surface area (Å²) in [5.74, 6) is -1.55. The third-order valence-corrected chi connectivity index (χ3v) is 9.11. The van der Waals surface area contributed by atoms with Crippen molar-refractivity contribution in [1.29, 1.82) is 0 Å². The van der Waals surface area contributed by atoms with Crippen LogP contribution in [0.4, 0.5) is 0 Å². The Morgan fingerprint density at radius 3 is 2.39 bits per heavy atom. The molecule has 51 heavy (non-hydrogen) atoms. The van der Waals surface area contributed by atoms with Gasteiger partial charge in [0, 0.05) is 31.4 Å². The fraction of sp³-hybridized carbons (Fsp3) is 0.459. The van der Waals surface area contributed by atoms with Crippen LogP contribution in [-0.2, 0) is 22.4 Å². The number of aromatic nitrogens is 1. The summed E-state index contributed by atoms with van der Waals surface area (Å²) in [6.45, 7) is 6.92. The van der Waals surface area contributed by atoms with Crippen LogP contribution in [0.1, 0.15) is 82.2 Å². The van der Waals surface area contributed by atoms with Crippen LogP contribution in [0.5, 0.6) is 0 Å². The van der Waals surface area contributed by atoms with Gasteiger partial charge in [-0.15, -0.1) is 24.8 Å². The molecule has 2 aromatic heterocycles. The van der Waals surface area contributed by atoms with Crippen molar-refractivity contribution in [3.63, 3.8) is 0 Å². The van der Waals surface area contributed by atoms with Crippen molar-refractivity contribution in [2.24, 2.45) is 5.92 Å². The summed E-state index contributed by atoms with van der Waals surface area (Å²) in [6.07, 6.45) is 6.21. The summed E-state index contributed by atoms with van der Waals surface area (Å²) in [5, 5.41) is 12.1. The van der Waals surface area contributed by atoms with E-state index >= 15 is 0 Å². The van der Waals surface area contributed by atoms with Gasteiger partial charge in [0.05, 0.1) is 18.2 Å². The highest BCUT2D eigenvalue weighted by Gasteiger charge is 2.32. The van der Waals surface area contributed by atoms with Crippen molar-refractivity contribution < 1.29 is 23.6 Å². The molecule has 2 atom stereocenters. The number of halogens is 2. The summed E-state index contributed by atoms with van der Waals surface area (Å²) in [5.41, 5.74) is 1.63. The monoisotopic (exact) mass is 742 g/mol. The van der Waals surface area contributed by atoms with Crippen LogP contribution in [0.15, 0.2) is 64.1 Å². The van der Waals surface area contributed by atoms with Crippen molar-refractivity contribution >= 4 is 48.4 Å². The number of nitrogens with one attached hydrogen (secondary N) is 4. The van der Waals surface area contributed by atoms with Crippen molar-refractivity contribution in [2.45, 2.75) is 70.9 Å². The second-order valence-corrected chi connectivity index (χ2v) is 13.3. The Bertz CT molecular complexity index is 1710. The molecule has 1 saturated heterocycles. The number of carbonyl (C=O) groups is 4. The maximum absolute atomic E-state index is 14.3. The maximum Gasteiger partial charge on any atom is 0.349 e. The number of hydrogen-bond donors (Lipinski definition) is 4. The van der Waals surface area contributed by atoms with Crippen molar-refractivity contribution in [2.75, 3.05) is 32.7 Å². The second-order valence-electron chi connectivity index (χ2n) is 13.3. The summed E-state index contributed by atoms with van der Waals surface area (Å²) < 4.78 is 5.74. The molecule has 4 heterocycles. The van der Waals surface area contributed by atoms with E-state index in [2.05, 4.69) is 26.3 Å². The van der Waals surface area contributed by atoms with Crippen LogP contribution in [0.2, 0.25) is 0 Å². The molecule has 3 aromatic rings. The topological polar surface area (TPSA) is 163 Å². The molecule has 4 amide bonds. The molecule has 14 heteroatoms. The number of nitrogens with zero attached hydrogens (tertiary/aromatic N) is 2. The Balaban J connectivity index is 0.00000351. The van der Waals surface area contributed by atoms with E-state index in [1.807, 2.05) is 44.2 Å². The quantitative estimate of drug-likeness (QED) is 0.310. The van der Waals surface area contributed by atoms with Gasteiger partial charge in [-0.25, -0.2) is 4.79 Å². The van der Waals surface area contributed by atoms with Crippen molar-refractivity contribution in [3.8, 4) is 0 Å². The summed E-state index contributed by atoms with van der Waals surface area (Å²) in [7, 11) is 0. The third kappa shape index (κ3) is 11.1. The van der Waals surface area contributed by atoms with Crippen LogP contribution in [0.25, 0.3) is 0 Å². The number of fused-ring (bicyclic) bond motifs is 2. The minimum Gasteiger partial charge on any atom is -0.427 e. The molecular formula is C37H48Cl2N6O6. The Morgan fingerprint density at radius 1 is 0.980 bits per heavy atom. The van der Waals surface area contributed by atoms with E-state index in [4.69, 9.17) is 4.42 Å². The van der Waals surface area contributed by atoms with Gasteiger partial charge in [0.25, 0.3) is 11.8 Å². The predicted molar refractivity (Wildman–Crippen MR) is 199 cm³/mol. The Morgan fingerprint density at radius 2 is 1.71 bits per heavy atom. The SMILES string of the molecule is Cc1cc(C2CCNCC2)oc(=O)c1C(=O)N1CC(=O)NCCCc2cncc(c2)C(=O)N[C@H](C(C)C)C(=O)N[C@H](Cc2ccccc2)C1.Cl.Cl. The second kappa shape index (κ2) is 19.4. The molecule has 4 N–H and O–H groups in total. The summed E-state index contributed by atoms with van der Waals surface area (Å²) >= 11 is 0. The van der Waals surface area contributed by atoms with E-state index in [0.717, 1.165) is 37.1 Å². The zero-order chi connectivity index (χ0) is 34.9. The number of aryl methyl sites for hydroxylation is 2. The van der Waals surface area contributed by atoms with Crippen molar-refractivity contribution in [1.82, 2.24) is 31.2 Å². The third-order valence-electron chi connectivity index (χ3n) is 9.11. The first-order chi connectivity index (χ1) is 23.6. The molecule has 2 aliphatic rings. The lowest BCUT2D eigenvalue weighted by Crippen LogP contribution is -2.56. The number of hydrogen-bond acceptors (Lipinski definition) is 8. The Hall–Kier alpha value is -4.26. The standard InChI is InChI=1S/C37H46N6O6.2ClH/c1-23(2)33-35(46)41-29(18-25-8-5-4-6-9-25)21-43(22-31(44)40-13-7-10-26-17-28(20-39-19-26)34(45)42-33)36(47)32-24(3)16-30(49-37(32)48)27-11-14-38-15-12-27;;/h4-6,8-9,16-17,19-20,23,27,29,33,38H,7,10-15,18,21-22H2,1-3H3,(H,40,44)(H,41,46)(H,42,45);2*1H/t29-,33-;;/m1../s1. The van der Waals surface area contributed by atoms with E-state index in [0.29, 0.717) is 42.7 Å². The van der Waals surface area contributed by atoms with E-state index in [1.54, 1.807) is 25.3 Å². The van der Waals surface area contributed by atoms with E-state index in [-0.39, 0.29) is 55.3 Å². The van der Waals surface area contributed by atoms with E-state index in [1.165, 1.54) is 11.1 Å². The maximum atomic E-state index is 14.3. The van der Waals surface area contributed by atoms with Crippen LogP contribution >= 0.6 is 24.8 Å². The Labute approximate surface area is 310 Å². The van der Waals surface area contributed by atoms with Gasteiger partial charge in [-0.3, -0.25) is 24.2 Å². The highest BCUT2D eigenvalue weighted by Crippen LogP contribution is 2.26. The number of piperidine rings is 1. The van der Waals surface area contributed by atoms with Crippen LogP contribution in [-0.4, -0.2) is 78.3 Å². The van der Waals surface area contributed by atoms with E-state index in [9.17, 15) is 24.0 Å². The number of pyridine rings is 1. The molecule has 0 radical (unpaired) electrons. The van der Waals surface area contributed by atoms with Crippen LogP contribution < -0.4 is 26.9 Å². The van der Waals surface area contributed by atoms with Gasteiger partial charge in [-0.05, 0) is 86.9 Å². The zero-order valence-corrected chi connectivity index (χ0v) is 30.9. The molecule has 2 bridgehead atoms. The first kappa shape index (κ1) is 41.2. The van der Waals surface area contributed by atoms with Gasteiger partial charge in [0.1, 0.15) is 17.4 Å². The van der Waals surface area contributed by atoms with Crippen LogP contribution in [0.3, 0.4) is 0 Å². The molecule has 0 aliphatic carbocycles. The first-order valence-corrected chi connectivity index (χ1v) is 17.1. The van der Waals surface area contributed by atoms with Gasteiger partial charge in [-0.1, -0.05) is 44.2 Å². The fourth-order valence-electron chi connectivity index (χ4n) is 6.45. The first-order valence-electron chi connectivity index (χ1n) is 17.1. The molecule has 0 unspecified atom stereocenters. The highest BCUT2D eigenvalue weighted by atomic mass is 35.5. The largest absolute Gasteiger partial charge is 0.427 e. The number of rotatable bonds is 5. The number of benzene rings is 1. The zero-order valence-electron chi connectivity index (χ0n) is 29.2. The van der Waals surface area contributed by atoms with Gasteiger partial charge in [-0.2, -0.15) is 0 Å². The minimum atomic E-state index is -0.894. The van der Waals surface area contributed by atoms with Crippen LogP contribution in [0, 0.1) is 12.8 Å².